The van der Waals surface area contributed by atoms with E-state index in [2.05, 4.69) is 26.5 Å². The van der Waals surface area contributed by atoms with E-state index in [0.717, 1.165) is 39.3 Å². The normalized spacial score (nSPS) is 20.2. The van der Waals surface area contributed by atoms with Crippen LogP contribution in [0.25, 0.3) is 0 Å². The molecule has 4 rings (SSSR count). The number of carboxylic acids is 2. The van der Waals surface area contributed by atoms with Crippen LogP contribution in [0.5, 0.6) is 0 Å². The molecule has 4 heterocycles. The van der Waals surface area contributed by atoms with Gasteiger partial charge in [-0.05, 0) is 19.4 Å². The van der Waals surface area contributed by atoms with Gasteiger partial charge in [-0.15, -0.1) is 0 Å². The molecule has 2 aromatic heterocycles. The Morgan fingerprint density at radius 3 is 2.17 bits per heavy atom. The predicted octanol–water partition coefficient (Wildman–Crippen LogP) is 2.56. The number of nitrogens with zero attached hydrogens (tertiary/aromatic N) is 5. The van der Waals surface area contributed by atoms with Crippen molar-refractivity contribution in [3.8, 4) is 0 Å². The molecule has 1 saturated heterocycles. The number of rotatable bonds is 3. The molecular weight excluding hydrogens is 492 g/mol. The fourth-order valence-electron chi connectivity index (χ4n) is 3.54. The highest BCUT2D eigenvalue weighted by Gasteiger charge is 2.39. The molecule has 2 N–H and O–H groups in total. The van der Waals surface area contributed by atoms with Gasteiger partial charge in [0.1, 0.15) is 5.82 Å². The molecule has 196 valence electrons. The Bertz CT molecular complexity index is 946. The minimum atomic E-state index is -5.08. The van der Waals surface area contributed by atoms with Gasteiger partial charge in [-0.25, -0.2) is 14.6 Å². The monoisotopic (exact) mass is 515 g/mol. The van der Waals surface area contributed by atoms with Crippen LogP contribution in [0.3, 0.4) is 0 Å². The highest BCUT2D eigenvalue weighted by Crippen LogP contribution is 2.29. The molecule has 0 spiro atoms. The Labute approximate surface area is 194 Å². The quantitative estimate of drug-likeness (QED) is 0.599. The number of imidazole rings is 1. The second-order valence-electron chi connectivity index (χ2n) is 7.50. The van der Waals surface area contributed by atoms with E-state index in [1.54, 1.807) is 0 Å². The molecule has 2 aliphatic heterocycles. The highest BCUT2D eigenvalue weighted by atomic mass is 19.4. The molecule has 0 aromatic carbocycles. The third-order valence-corrected chi connectivity index (χ3v) is 5.16. The lowest BCUT2D eigenvalue weighted by Gasteiger charge is -2.37. The molecule has 2 aromatic rings. The molecule has 10 nitrogen and oxygen atoms in total. The van der Waals surface area contributed by atoms with Crippen LogP contribution >= 0.6 is 0 Å². The highest BCUT2D eigenvalue weighted by molar-refractivity contribution is 5.73. The van der Waals surface area contributed by atoms with Gasteiger partial charge in [0.05, 0.1) is 31.1 Å². The van der Waals surface area contributed by atoms with Crippen LogP contribution in [0.1, 0.15) is 30.9 Å². The van der Waals surface area contributed by atoms with Gasteiger partial charge in [-0.3, -0.25) is 9.58 Å². The second-order valence-corrected chi connectivity index (χ2v) is 7.50. The fraction of sp³-hybridized carbons (Fsp3) is 0.579. The van der Waals surface area contributed by atoms with E-state index in [-0.39, 0.29) is 0 Å². The Morgan fingerprint density at radius 2 is 1.71 bits per heavy atom. The number of aromatic nitrogens is 4. The van der Waals surface area contributed by atoms with Crippen molar-refractivity contribution in [2.45, 2.75) is 50.9 Å². The Kier molecular flexibility index (Phi) is 9.25. The van der Waals surface area contributed by atoms with E-state index in [1.807, 2.05) is 29.3 Å². The average Bonchev–Trinajstić information content (AvgIpc) is 3.51. The Morgan fingerprint density at radius 1 is 1.11 bits per heavy atom. The molecule has 0 amide bonds. The summed E-state index contributed by atoms with van der Waals surface area (Å²) in [5.74, 6) is -4.34. The van der Waals surface area contributed by atoms with Crippen molar-refractivity contribution < 1.29 is 50.9 Å². The predicted molar refractivity (Wildman–Crippen MR) is 105 cm³/mol. The van der Waals surface area contributed by atoms with Crippen molar-refractivity contribution in [2.24, 2.45) is 0 Å². The van der Waals surface area contributed by atoms with E-state index < -0.39 is 24.3 Å². The lowest BCUT2D eigenvalue weighted by molar-refractivity contribution is -0.193. The van der Waals surface area contributed by atoms with Crippen molar-refractivity contribution in [2.75, 3.05) is 19.8 Å². The standard InChI is InChI=1S/C15H21N5O.2C2HF3O2/c1-12-15-16-9-14(10-18-5-2-4-17-18)20(15)7-6-19(12)13-3-8-21-11-13;2*3-2(4,5)1(6)7/h2,4-5,9,12-13H,3,6-8,10-11H2,1H3;2*(H,6,7). The SMILES string of the molecule is CC1c2ncc(Cn3cccn3)n2CCN1C1CCOC1.O=C(O)C(F)(F)F.O=C(O)C(F)(F)F. The van der Waals surface area contributed by atoms with Gasteiger partial charge >= 0.3 is 24.3 Å². The van der Waals surface area contributed by atoms with Crippen LogP contribution in [0, 0.1) is 0 Å². The zero-order valence-electron chi connectivity index (χ0n) is 18.3. The molecular formula is C19H23F6N5O5. The number of halogens is 6. The van der Waals surface area contributed by atoms with E-state index in [9.17, 15) is 26.3 Å². The van der Waals surface area contributed by atoms with Gasteiger partial charge in [0.25, 0.3) is 0 Å². The fourth-order valence-corrected chi connectivity index (χ4v) is 3.54. The van der Waals surface area contributed by atoms with Crippen LogP contribution in [-0.4, -0.2) is 84.5 Å². The molecule has 2 atom stereocenters. The summed E-state index contributed by atoms with van der Waals surface area (Å²) < 4.78 is 73.3. The number of aliphatic carboxylic acids is 2. The van der Waals surface area contributed by atoms with Gasteiger partial charge in [0.2, 0.25) is 0 Å². The maximum atomic E-state index is 10.6. The first-order valence-electron chi connectivity index (χ1n) is 10.2. The zero-order chi connectivity index (χ0) is 26.4. The van der Waals surface area contributed by atoms with Crippen molar-refractivity contribution in [3.63, 3.8) is 0 Å². The van der Waals surface area contributed by atoms with Crippen LogP contribution in [-0.2, 0) is 27.4 Å². The van der Waals surface area contributed by atoms with E-state index in [1.165, 1.54) is 11.5 Å². The van der Waals surface area contributed by atoms with Crippen molar-refractivity contribution in [3.05, 3.63) is 36.2 Å². The smallest absolute Gasteiger partial charge is 0.475 e. The molecule has 0 bridgehead atoms. The Hall–Kier alpha value is -3.14. The number of hydrogen-bond acceptors (Lipinski definition) is 6. The maximum Gasteiger partial charge on any atom is 0.490 e. The summed E-state index contributed by atoms with van der Waals surface area (Å²) in [6.45, 7) is 6.89. The first kappa shape index (κ1) is 28.1. The molecule has 16 heteroatoms. The summed E-state index contributed by atoms with van der Waals surface area (Å²) in [5.41, 5.74) is 1.24. The summed E-state index contributed by atoms with van der Waals surface area (Å²) in [6, 6.07) is 2.87. The van der Waals surface area contributed by atoms with Crippen LogP contribution in [0.15, 0.2) is 24.7 Å². The number of alkyl halides is 6. The summed E-state index contributed by atoms with van der Waals surface area (Å²) in [6.07, 6.45) is -3.21. The van der Waals surface area contributed by atoms with Crippen LogP contribution < -0.4 is 0 Å². The molecule has 1 fully saturated rings. The molecule has 35 heavy (non-hydrogen) atoms. The first-order valence-corrected chi connectivity index (χ1v) is 10.2. The molecule has 2 aliphatic rings. The molecule has 0 aliphatic carbocycles. The lowest BCUT2D eigenvalue weighted by atomic mass is 10.1. The third kappa shape index (κ3) is 7.95. The van der Waals surface area contributed by atoms with Gasteiger partial charge in [0.15, 0.2) is 0 Å². The number of fused-ring (bicyclic) bond motifs is 1. The van der Waals surface area contributed by atoms with E-state index >= 15 is 0 Å². The van der Waals surface area contributed by atoms with Gasteiger partial charge in [-0.2, -0.15) is 31.4 Å². The molecule has 0 saturated carbocycles. The lowest BCUT2D eigenvalue weighted by Crippen LogP contribution is -2.44. The topological polar surface area (TPSA) is 123 Å². The molecule has 2 unspecified atom stereocenters. The minimum absolute atomic E-state index is 0.358. The van der Waals surface area contributed by atoms with Gasteiger partial charge in [-0.1, -0.05) is 0 Å². The van der Waals surface area contributed by atoms with E-state index in [4.69, 9.17) is 24.5 Å². The van der Waals surface area contributed by atoms with Crippen LogP contribution in [0.2, 0.25) is 0 Å². The largest absolute Gasteiger partial charge is 0.490 e. The van der Waals surface area contributed by atoms with Crippen molar-refractivity contribution >= 4 is 11.9 Å². The average molecular weight is 515 g/mol. The van der Waals surface area contributed by atoms with Crippen molar-refractivity contribution in [1.29, 1.82) is 0 Å². The number of hydrogen-bond donors (Lipinski definition) is 2. The maximum absolute atomic E-state index is 10.6. The summed E-state index contributed by atoms with van der Waals surface area (Å²) >= 11 is 0. The zero-order valence-corrected chi connectivity index (χ0v) is 18.3. The van der Waals surface area contributed by atoms with Crippen molar-refractivity contribution in [1.82, 2.24) is 24.2 Å². The van der Waals surface area contributed by atoms with E-state index in [0.29, 0.717) is 12.1 Å². The Balaban J connectivity index is 0.000000257. The second kappa shape index (κ2) is 11.5. The first-order chi connectivity index (χ1) is 16.2. The van der Waals surface area contributed by atoms with Gasteiger partial charge in [0, 0.05) is 38.1 Å². The van der Waals surface area contributed by atoms with Crippen LogP contribution in [0.4, 0.5) is 26.3 Å². The summed E-state index contributed by atoms with van der Waals surface area (Å²) in [4.78, 5) is 25.0. The minimum Gasteiger partial charge on any atom is -0.475 e. The third-order valence-electron chi connectivity index (χ3n) is 5.16. The summed E-state index contributed by atoms with van der Waals surface area (Å²) in [5, 5.41) is 18.5. The van der Waals surface area contributed by atoms with Gasteiger partial charge < -0.3 is 19.5 Å². The number of carboxylic acid groups (broad SMARTS) is 2. The number of carbonyl (C=O) groups is 2. The number of ether oxygens (including phenoxy) is 1. The summed E-state index contributed by atoms with van der Waals surface area (Å²) in [7, 11) is 0. The molecule has 0 radical (unpaired) electrons.